The Bertz CT molecular complexity index is 677. The van der Waals surface area contributed by atoms with Crippen LogP contribution in [0.3, 0.4) is 0 Å². The number of fused-ring (bicyclic) bond motifs is 1. The van der Waals surface area contributed by atoms with Gasteiger partial charge in [0.1, 0.15) is 10.1 Å². The molecule has 1 aromatic carbocycles. The van der Waals surface area contributed by atoms with Crippen molar-refractivity contribution in [2.45, 2.75) is 13.8 Å². The molecule has 0 aromatic heterocycles. The fourth-order valence-electron chi connectivity index (χ4n) is 2.44. The summed E-state index contributed by atoms with van der Waals surface area (Å²) in [6.45, 7) is 4.97. The molecule has 3 nitrogen and oxygen atoms in total. The Hall–Kier alpha value is -1.46. The van der Waals surface area contributed by atoms with Crippen LogP contribution in [-0.2, 0) is 4.79 Å². The maximum absolute atomic E-state index is 12.2. The van der Waals surface area contributed by atoms with Gasteiger partial charge < -0.3 is 4.90 Å². The summed E-state index contributed by atoms with van der Waals surface area (Å²) in [6, 6.07) is 8.22. The van der Waals surface area contributed by atoms with E-state index >= 15 is 0 Å². The summed E-state index contributed by atoms with van der Waals surface area (Å²) < 4.78 is 0.855. The first-order valence-corrected chi connectivity index (χ1v) is 8.77. The van der Waals surface area contributed by atoms with Crippen molar-refractivity contribution in [2.24, 2.45) is 4.99 Å². The SMILES string of the molecule is CCSC1=N/C(=C2\C=Cc3ccccc3N2CC)C(=O)S1. The van der Waals surface area contributed by atoms with Crippen LogP contribution in [0.5, 0.6) is 0 Å². The van der Waals surface area contributed by atoms with E-state index in [-0.39, 0.29) is 5.12 Å². The Labute approximate surface area is 133 Å². The first-order valence-electron chi connectivity index (χ1n) is 6.97. The molecule has 0 bridgehead atoms. The lowest BCUT2D eigenvalue weighted by Gasteiger charge is -2.29. The number of nitrogens with zero attached hydrogens (tertiary/aromatic N) is 2. The Morgan fingerprint density at radius 1 is 1.24 bits per heavy atom. The second-order valence-corrected chi connectivity index (χ2v) is 7.04. The van der Waals surface area contributed by atoms with Gasteiger partial charge in [0.15, 0.2) is 0 Å². The van der Waals surface area contributed by atoms with Gasteiger partial charge in [0.25, 0.3) is 0 Å². The number of thioether (sulfide) groups is 2. The molecule has 2 aliphatic heterocycles. The third-order valence-corrected chi connectivity index (χ3v) is 5.22. The molecule has 21 heavy (non-hydrogen) atoms. The van der Waals surface area contributed by atoms with E-state index in [2.05, 4.69) is 41.9 Å². The lowest BCUT2D eigenvalue weighted by molar-refractivity contribution is -0.107. The molecular formula is C16H16N2OS2. The van der Waals surface area contributed by atoms with Crippen LogP contribution in [0.1, 0.15) is 19.4 Å². The smallest absolute Gasteiger partial charge is 0.246 e. The van der Waals surface area contributed by atoms with Crippen LogP contribution in [0.25, 0.3) is 6.08 Å². The van der Waals surface area contributed by atoms with Gasteiger partial charge in [0, 0.05) is 12.2 Å². The summed E-state index contributed by atoms with van der Waals surface area (Å²) in [5, 5.41) is 0.0448. The highest BCUT2D eigenvalue weighted by Gasteiger charge is 2.28. The van der Waals surface area contributed by atoms with E-state index < -0.39 is 0 Å². The minimum Gasteiger partial charge on any atom is -0.339 e. The molecule has 1 aromatic rings. The predicted molar refractivity (Wildman–Crippen MR) is 93.7 cm³/mol. The van der Waals surface area contributed by atoms with E-state index in [4.69, 9.17) is 0 Å². The number of carbonyl (C=O) groups is 1. The molecule has 0 spiro atoms. The van der Waals surface area contributed by atoms with Crippen LogP contribution >= 0.6 is 23.5 Å². The largest absolute Gasteiger partial charge is 0.339 e. The summed E-state index contributed by atoms with van der Waals surface area (Å²) in [6.07, 6.45) is 4.06. The molecule has 2 aliphatic rings. The average Bonchev–Trinajstić information content (AvgIpc) is 2.87. The molecule has 3 rings (SSSR count). The minimum atomic E-state index is 0.0448. The van der Waals surface area contributed by atoms with E-state index in [0.29, 0.717) is 5.70 Å². The van der Waals surface area contributed by atoms with Crippen LogP contribution < -0.4 is 4.90 Å². The first kappa shape index (κ1) is 14.5. The van der Waals surface area contributed by atoms with E-state index in [0.717, 1.165) is 28.1 Å². The van der Waals surface area contributed by atoms with E-state index in [9.17, 15) is 4.79 Å². The molecule has 0 N–H and O–H groups in total. The summed E-state index contributed by atoms with van der Waals surface area (Å²) in [5.41, 5.74) is 3.78. The highest BCUT2D eigenvalue weighted by atomic mass is 32.2. The molecule has 0 atom stereocenters. The van der Waals surface area contributed by atoms with Crippen molar-refractivity contribution in [2.75, 3.05) is 17.2 Å². The van der Waals surface area contributed by atoms with Crippen LogP contribution in [0.15, 0.2) is 46.7 Å². The molecule has 0 unspecified atom stereocenters. The molecule has 0 saturated heterocycles. The van der Waals surface area contributed by atoms with Crippen LogP contribution in [0.4, 0.5) is 5.69 Å². The zero-order chi connectivity index (χ0) is 14.8. The Morgan fingerprint density at radius 2 is 2.05 bits per heavy atom. The van der Waals surface area contributed by atoms with Gasteiger partial charge in [-0.2, -0.15) is 0 Å². The third-order valence-electron chi connectivity index (χ3n) is 3.34. The lowest BCUT2D eigenvalue weighted by Crippen LogP contribution is -2.25. The molecular weight excluding hydrogens is 300 g/mol. The van der Waals surface area contributed by atoms with Crippen molar-refractivity contribution in [3.05, 3.63) is 47.3 Å². The van der Waals surface area contributed by atoms with Gasteiger partial charge in [-0.3, -0.25) is 4.79 Å². The van der Waals surface area contributed by atoms with Crippen molar-refractivity contribution in [1.29, 1.82) is 0 Å². The van der Waals surface area contributed by atoms with Gasteiger partial charge >= 0.3 is 0 Å². The van der Waals surface area contributed by atoms with Gasteiger partial charge in [-0.05, 0) is 42.1 Å². The van der Waals surface area contributed by atoms with Crippen molar-refractivity contribution in [3.8, 4) is 0 Å². The minimum absolute atomic E-state index is 0.0448. The second kappa shape index (κ2) is 6.12. The van der Waals surface area contributed by atoms with Crippen LogP contribution in [-0.4, -0.2) is 21.8 Å². The van der Waals surface area contributed by atoms with Crippen molar-refractivity contribution < 1.29 is 4.79 Å². The number of anilines is 1. The number of para-hydroxylation sites is 1. The van der Waals surface area contributed by atoms with E-state index in [1.165, 1.54) is 17.3 Å². The van der Waals surface area contributed by atoms with Crippen LogP contribution in [0, 0.1) is 0 Å². The topological polar surface area (TPSA) is 32.7 Å². The Morgan fingerprint density at radius 3 is 2.81 bits per heavy atom. The molecule has 108 valence electrons. The molecule has 0 fully saturated rings. The number of allylic oxidation sites excluding steroid dienone is 1. The second-order valence-electron chi connectivity index (χ2n) is 4.57. The lowest BCUT2D eigenvalue weighted by atomic mass is 10.1. The third kappa shape index (κ3) is 2.68. The number of likely N-dealkylation sites (N-methyl/N-ethyl adjacent to an activating group) is 1. The standard InChI is InChI=1S/C16H16N2OS2/c1-3-18-12-8-6-5-7-11(12)9-10-13(18)14-15(19)21-16(17-14)20-4-2/h5-10H,3-4H2,1-2H3/b14-13+. The zero-order valence-electron chi connectivity index (χ0n) is 12.0. The average molecular weight is 316 g/mol. The highest BCUT2D eigenvalue weighted by Crippen LogP contribution is 2.37. The maximum Gasteiger partial charge on any atom is 0.246 e. The van der Waals surface area contributed by atoms with Crippen molar-refractivity contribution in [3.63, 3.8) is 0 Å². The van der Waals surface area contributed by atoms with Gasteiger partial charge in [-0.1, -0.05) is 43.0 Å². The fourth-order valence-corrected chi connectivity index (χ4v) is 4.21. The molecule has 0 saturated carbocycles. The molecule has 5 heteroatoms. The quantitative estimate of drug-likeness (QED) is 0.768. The highest BCUT2D eigenvalue weighted by molar-refractivity contribution is 8.45. The predicted octanol–water partition coefficient (Wildman–Crippen LogP) is 4.13. The number of rotatable bonds is 2. The first-order chi connectivity index (χ1) is 10.2. The molecule has 0 aliphatic carbocycles. The molecule has 2 heterocycles. The van der Waals surface area contributed by atoms with Crippen molar-refractivity contribution >= 4 is 44.8 Å². The maximum atomic E-state index is 12.2. The van der Waals surface area contributed by atoms with Gasteiger partial charge in [0.05, 0.1) is 5.70 Å². The van der Waals surface area contributed by atoms with Crippen LogP contribution in [0.2, 0.25) is 0 Å². The number of carbonyl (C=O) groups excluding carboxylic acids is 1. The summed E-state index contributed by atoms with van der Waals surface area (Å²) in [7, 11) is 0. The number of hydrogen-bond donors (Lipinski definition) is 0. The Balaban J connectivity index is 2.07. The Kier molecular flexibility index (Phi) is 4.22. The van der Waals surface area contributed by atoms with Gasteiger partial charge in [0.2, 0.25) is 5.12 Å². The van der Waals surface area contributed by atoms with Gasteiger partial charge in [-0.25, -0.2) is 4.99 Å². The number of benzene rings is 1. The van der Waals surface area contributed by atoms with E-state index in [1.54, 1.807) is 11.8 Å². The van der Waals surface area contributed by atoms with Gasteiger partial charge in [-0.15, -0.1) is 0 Å². The molecule has 0 amide bonds. The normalized spacial score (nSPS) is 20.8. The van der Waals surface area contributed by atoms with E-state index in [1.807, 2.05) is 18.2 Å². The fraction of sp³-hybridized carbons (Fsp3) is 0.250. The summed E-state index contributed by atoms with van der Waals surface area (Å²) in [4.78, 5) is 18.9. The number of hydrogen-bond acceptors (Lipinski definition) is 5. The summed E-state index contributed by atoms with van der Waals surface area (Å²) in [5.74, 6) is 0.928. The number of aliphatic imine (C=N–C) groups is 1. The van der Waals surface area contributed by atoms with Crippen molar-refractivity contribution in [1.82, 2.24) is 0 Å². The zero-order valence-corrected chi connectivity index (χ0v) is 13.6. The monoisotopic (exact) mass is 316 g/mol. The summed E-state index contributed by atoms with van der Waals surface area (Å²) >= 11 is 2.86. The molecule has 0 radical (unpaired) electrons.